The minimum atomic E-state index is -4.42. The van der Waals surface area contributed by atoms with Crippen molar-refractivity contribution < 1.29 is 17.4 Å². The lowest BCUT2D eigenvalue weighted by molar-refractivity contribution is 0.366. The molecule has 0 spiro atoms. The third kappa shape index (κ3) is 2.23. The van der Waals surface area contributed by atoms with Crippen LogP contribution >= 0.6 is 0 Å². The van der Waals surface area contributed by atoms with E-state index >= 15 is 0 Å². The van der Waals surface area contributed by atoms with Crippen LogP contribution in [-0.2, 0) is 10.1 Å². The molecule has 50 valence electrons. The van der Waals surface area contributed by atoms with E-state index in [0.29, 0.717) is 0 Å². The first kappa shape index (κ1) is 7.84. The van der Waals surface area contributed by atoms with E-state index in [0.717, 1.165) is 0 Å². The maximum Gasteiger partial charge on any atom is 0.297 e. The van der Waals surface area contributed by atoms with Crippen LogP contribution < -0.4 is 0 Å². The zero-order valence-corrected chi connectivity index (χ0v) is 5.15. The van der Waals surface area contributed by atoms with E-state index in [1.165, 1.54) is 6.92 Å². The number of alkyl halides is 1. The third-order valence-electron chi connectivity index (χ3n) is 0.644. The minimum absolute atomic E-state index is 0.209. The van der Waals surface area contributed by atoms with Gasteiger partial charge >= 0.3 is 0 Å². The quantitative estimate of drug-likeness (QED) is 0.574. The van der Waals surface area contributed by atoms with Crippen LogP contribution in [0.25, 0.3) is 0 Å². The van der Waals surface area contributed by atoms with Crippen molar-refractivity contribution >= 4 is 10.1 Å². The van der Waals surface area contributed by atoms with Gasteiger partial charge in [0.15, 0.2) is 0 Å². The summed E-state index contributed by atoms with van der Waals surface area (Å²) in [4.78, 5) is 0. The highest BCUT2D eigenvalue weighted by Crippen LogP contribution is 2.02. The molecule has 0 fully saturated rings. The van der Waals surface area contributed by atoms with E-state index in [9.17, 15) is 12.8 Å². The highest BCUT2D eigenvalue weighted by molar-refractivity contribution is 7.86. The SMILES string of the molecule is CCC(F)S(=O)(=O)O. The topological polar surface area (TPSA) is 54.4 Å². The van der Waals surface area contributed by atoms with Gasteiger partial charge in [-0.15, -0.1) is 0 Å². The van der Waals surface area contributed by atoms with E-state index in [4.69, 9.17) is 4.55 Å². The Bertz CT molecular complexity index is 150. The van der Waals surface area contributed by atoms with Gasteiger partial charge in [-0.05, 0) is 6.42 Å². The highest BCUT2D eigenvalue weighted by atomic mass is 32.2. The van der Waals surface area contributed by atoms with Crippen molar-refractivity contribution in [3.8, 4) is 0 Å². The van der Waals surface area contributed by atoms with Crippen molar-refractivity contribution in [2.45, 2.75) is 18.8 Å². The molecule has 0 amide bonds. The highest BCUT2D eigenvalue weighted by Gasteiger charge is 2.18. The molecule has 1 unspecified atom stereocenters. The molecule has 1 atom stereocenters. The molecule has 0 aromatic carbocycles. The fourth-order valence-electron chi connectivity index (χ4n) is 0.211. The van der Waals surface area contributed by atoms with Crippen molar-refractivity contribution in [1.82, 2.24) is 0 Å². The van der Waals surface area contributed by atoms with E-state index in [-0.39, 0.29) is 6.42 Å². The van der Waals surface area contributed by atoms with Crippen LogP contribution in [0.1, 0.15) is 13.3 Å². The molecule has 1 N–H and O–H groups in total. The van der Waals surface area contributed by atoms with Crippen LogP contribution in [0.15, 0.2) is 0 Å². The maximum atomic E-state index is 11.8. The van der Waals surface area contributed by atoms with Crippen molar-refractivity contribution in [2.75, 3.05) is 0 Å². The van der Waals surface area contributed by atoms with E-state index in [1.807, 2.05) is 0 Å². The van der Waals surface area contributed by atoms with Gasteiger partial charge in [0.05, 0.1) is 0 Å². The second-order valence-corrected chi connectivity index (χ2v) is 2.87. The van der Waals surface area contributed by atoms with Crippen LogP contribution in [0.3, 0.4) is 0 Å². The smallest absolute Gasteiger partial charge is 0.283 e. The van der Waals surface area contributed by atoms with E-state index in [1.54, 1.807) is 0 Å². The third-order valence-corrected chi connectivity index (χ3v) is 1.62. The Morgan fingerprint density at radius 1 is 1.75 bits per heavy atom. The second kappa shape index (κ2) is 2.41. The van der Waals surface area contributed by atoms with Crippen LogP contribution in [0.2, 0.25) is 0 Å². The average molecular weight is 142 g/mol. The number of rotatable bonds is 2. The fraction of sp³-hybridized carbons (Fsp3) is 1.00. The first-order valence-electron chi connectivity index (χ1n) is 2.09. The van der Waals surface area contributed by atoms with Crippen LogP contribution in [-0.4, -0.2) is 18.5 Å². The molecule has 0 aliphatic heterocycles. The van der Waals surface area contributed by atoms with Crippen molar-refractivity contribution in [1.29, 1.82) is 0 Å². The second-order valence-electron chi connectivity index (χ2n) is 1.33. The molecule has 0 rings (SSSR count). The molecular formula is C3H7FO3S. The predicted octanol–water partition coefficient (Wildman–Crippen LogP) is 0.580. The van der Waals surface area contributed by atoms with Gasteiger partial charge in [0, 0.05) is 0 Å². The van der Waals surface area contributed by atoms with Crippen molar-refractivity contribution in [2.24, 2.45) is 0 Å². The number of halogens is 1. The number of hydrogen-bond acceptors (Lipinski definition) is 2. The van der Waals surface area contributed by atoms with Gasteiger partial charge in [-0.3, -0.25) is 4.55 Å². The number of hydrogen-bond donors (Lipinski definition) is 1. The molecule has 0 heterocycles. The molecule has 0 aromatic heterocycles. The standard InChI is InChI=1S/C3H7FO3S/c1-2-3(4)8(5,6)7/h3H,2H2,1H3,(H,5,6,7). The predicted molar refractivity (Wildman–Crippen MR) is 26.7 cm³/mol. The van der Waals surface area contributed by atoms with E-state index in [2.05, 4.69) is 0 Å². The molecule has 0 aliphatic carbocycles. The molecule has 8 heavy (non-hydrogen) atoms. The monoisotopic (exact) mass is 142 g/mol. The summed E-state index contributed by atoms with van der Waals surface area (Å²) < 4.78 is 39.2. The Labute approximate surface area is 47.3 Å². The van der Waals surface area contributed by atoms with Gasteiger partial charge in [0.1, 0.15) is 0 Å². The largest absolute Gasteiger partial charge is 0.297 e. The first-order chi connectivity index (χ1) is 3.48. The first-order valence-corrected chi connectivity index (χ1v) is 3.59. The van der Waals surface area contributed by atoms with Gasteiger partial charge in [-0.2, -0.15) is 8.42 Å². The van der Waals surface area contributed by atoms with Gasteiger partial charge in [0.2, 0.25) is 5.50 Å². The average Bonchev–Trinajstić information content (AvgIpc) is 1.62. The Balaban J connectivity index is 4.04. The van der Waals surface area contributed by atoms with E-state index < -0.39 is 15.6 Å². The van der Waals surface area contributed by atoms with Crippen LogP contribution in [0.4, 0.5) is 4.39 Å². The molecule has 3 nitrogen and oxygen atoms in total. The summed E-state index contributed by atoms with van der Waals surface area (Å²) in [6.45, 7) is 1.33. The minimum Gasteiger partial charge on any atom is -0.283 e. The maximum absolute atomic E-state index is 11.8. The lowest BCUT2D eigenvalue weighted by atomic mass is 10.6. The molecule has 0 aromatic rings. The molecule has 0 aliphatic rings. The Hall–Kier alpha value is -0.160. The summed E-state index contributed by atoms with van der Waals surface area (Å²) in [6, 6.07) is 0. The molecule has 0 radical (unpaired) electrons. The van der Waals surface area contributed by atoms with Gasteiger partial charge in [-0.1, -0.05) is 6.92 Å². The Kier molecular flexibility index (Phi) is 2.36. The molecule has 5 heteroatoms. The molecule has 0 saturated heterocycles. The summed E-state index contributed by atoms with van der Waals surface area (Å²) in [5.41, 5.74) is -2.12. The van der Waals surface area contributed by atoms with Crippen LogP contribution in [0.5, 0.6) is 0 Å². The summed E-state index contributed by atoms with van der Waals surface area (Å²) >= 11 is 0. The van der Waals surface area contributed by atoms with Gasteiger partial charge < -0.3 is 0 Å². The van der Waals surface area contributed by atoms with Gasteiger partial charge in [0.25, 0.3) is 10.1 Å². The molecule has 0 saturated carbocycles. The van der Waals surface area contributed by atoms with Crippen molar-refractivity contribution in [3.05, 3.63) is 0 Å². The molecule has 0 bridgehead atoms. The van der Waals surface area contributed by atoms with Crippen LogP contribution in [0, 0.1) is 0 Å². The normalized spacial score (nSPS) is 15.9. The fourth-order valence-corrected chi connectivity index (χ4v) is 0.632. The summed E-state index contributed by atoms with van der Waals surface area (Å²) in [6.07, 6.45) is -0.209. The summed E-state index contributed by atoms with van der Waals surface area (Å²) in [5, 5.41) is 0. The summed E-state index contributed by atoms with van der Waals surface area (Å²) in [5.74, 6) is 0. The zero-order chi connectivity index (χ0) is 6.78. The lowest BCUT2D eigenvalue weighted by Crippen LogP contribution is -2.12. The van der Waals surface area contributed by atoms with Gasteiger partial charge in [-0.25, -0.2) is 4.39 Å². The Morgan fingerprint density at radius 3 is 2.12 bits per heavy atom. The zero-order valence-electron chi connectivity index (χ0n) is 4.33. The molecular weight excluding hydrogens is 135 g/mol. The van der Waals surface area contributed by atoms with Crippen molar-refractivity contribution in [3.63, 3.8) is 0 Å². The summed E-state index contributed by atoms with van der Waals surface area (Å²) in [7, 11) is -4.42. The Morgan fingerprint density at radius 2 is 2.12 bits per heavy atom. The lowest BCUT2D eigenvalue weighted by Gasteiger charge is -1.96.